The van der Waals surface area contributed by atoms with Crippen LogP contribution in [0.2, 0.25) is 0 Å². The van der Waals surface area contributed by atoms with Crippen LogP contribution < -0.4 is 57.1 Å². The molecule has 1 amide bonds. The number of hydrogen-bond donors (Lipinski definition) is 2. The number of amides is 1. The van der Waals surface area contributed by atoms with Gasteiger partial charge in [-0.3, -0.25) is 4.79 Å². The van der Waals surface area contributed by atoms with E-state index in [1.807, 2.05) is 0 Å². The van der Waals surface area contributed by atoms with Crippen molar-refractivity contribution in [1.82, 2.24) is 0 Å². The zero-order valence-corrected chi connectivity index (χ0v) is 7.66. The van der Waals surface area contributed by atoms with Crippen molar-refractivity contribution >= 4 is 18.5 Å². The van der Waals surface area contributed by atoms with E-state index >= 15 is 0 Å². The second-order valence-corrected chi connectivity index (χ2v) is 0.941. The second-order valence-electron chi connectivity index (χ2n) is 0.624. The molecule has 32 valence electrons. The van der Waals surface area contributed by atoms with Crippen molar-refractivity contribution in [3.8, 4) is 0 Å². The van der Waals surface area contributed by atoms with Crippen molar-refractivity contribution in [2.75, 3.05) is 5.75 Å². The summed E-state index contributed by atoms with van der Waals surface area (Å²) in [4.78, 5) is 9.51. The van der Waals surface area contributed by atoms with Crippen LogP contribution in [-0.4, -0.2) is 11.7 Å². The largest absolute Gasteiger partial charge is 1.00 e. The molecule has 0 heterocycles. The van der Waals surface area contributed by atoms with Crippen LogP contribution in [0.25, 0.3) is 0 Å². The average Bonchev–Trinajstić information content (AvgIpc) is 1.38. The van der Waals surface area contributed by atoms with E-state index in [1.165, 1.54) is 0 Å². The molecule has 2 N–H and O–H groups in total. The molecule has 6 heavy (non-hydrogen) atoms. The maximum atomic E-state index is 9.51. The Bertz CT molecular complexity index is 53.0. The fourth-order valence-corrected chi connectivity index (χ4v) is 0. The predicted molar refractivity (Wildman–Crippen MR) is 24.2 cm³/mol. The Morgan fingerprint density at radius 2 is 2.17 bits per heavy atom. The molecular weight excluding hydrogens is 125 g/mol. The van der Waals surface area contributed by atoms with Crippen LogP contribution in [-0.2, 0) is 4.79 Å². The summed E-state index contributed by atoms with van der Waals surface area (Å²) in [5, 5.41) is 0. The standard InChI is InChI=1S/C2H5NOS.K.H/c3-2(4)1-5;;/h5H,1H2,(H2,3,4);;/q;+1;-1. The van der Waals surface area contributed by atoms with Crippen LogP contribution in [0, 0.1) is 0 Å². The molecule has 0 radical (unpaired) electrons. The third-order valence-electron chi connectivity index (χ3n) is 0.156. The topological polar surface area (TPSA) is 43.1 Å². The van der Waals surface area contributed by atoms with Gasteiger partial charge in [-0.25, -0.2) is 0 Å². The van der Waals surface area contributed by atoms with E-state index in [1.54, 1.807) is 0 Å². The van der Waals surface area contributed by atoms with Crippen molar-refractivity contribution < 1.29 is 57.6 Å². The van der Waals surface area contributed by atoms with Gasteiger partial charge >= 0.3 is 51.4 Å². The summed E-state index contributed by atoms with van der Waals surface area (Å²) >= 11 is 3.54. The number of hydrogen-bond acceptors (Lipinski definition) is 2. The van der Waals surface area contributed by atoms with Gasteiger partial charge in [-0.2, -0.15) is 12.6 Å². The van der Waals surface area contributed by atoms with Crippen LogP contribution in [0.5, 0.6) is 0 Å². The molecule has 0 saturated heterocycles. The molecular formula is C2H6KNOS. The molecule has 0 aromatic carbocycles. The molecule has 2 nitrogen and oxygen atoms in total. The van der Waals surface area contributed by atoms with E-state index in [4.69, 9.17) is 0 Å². The molecule has 0 aliphatic rings. The summed E-state index contributed by atoms with van der Waals surface area (Å²) in [7, 11) is 0. The number of rotatable bonds is 1. The van der Waals surface area contributed by atoms with Crippen LogP contribution >= 0.6 is 12.6 Å². The van der Waals surface area contributed by atoms with Gasteiger partial charge in [0.15, 0.2) is 0 Å². The van der Waals surface area contributed by atoms with Gasteiger partial charge in [0, 0.05) is 0 Å². The van der Waals surface area contributed by atoms with Gasteiger partial charge < -0.3 is 7.16 Å². The number of carbonyl (C=O) groups excluding carboxylic acids is 1. The molecule has 0 atom stereocenters. The first kappa shape index (κ1) is 10.4. The minimum Gasteiger partial charge on any atom is -1.00 e. The van der Waals surface area contributed by atoms with Crippen LogP contribution in [0.3, 0.4) is 0 Å². The van der Waals surface area contributed by atoms with Gasteiger partial charge in [-0.05, 0) is 0 Å². The fourth-order valence-electron chi connectivity index (χ4n) is 0. The molecule has 0 aliphatic carbocycles. The third-order valence-corrected chi connectivity index (χ3v) is 0.468. The van der Waals surface area contributed by atoms with E-state index in [0.29, 0.717) is 0 Å². The molecule has 4 heteroatoms. The van der Waals surface area contributed by atoms with Crippen molar-refractivity contribution in [3.63, 3.8) is 0 Å². The average molecular weight is 131 g/mol. The number of carbonyl (C=O) groups is 1. The minimum atomic E-state index is -0.381. The minimum absolute atomic E-state index is 0. The summed E-state index contributed by atoms with van der Waals surface area (Å²) in [6, 6.07) is 0. The summed E-state index contributed by atoms with van der Waals surface area (Å²) in [5.41, 5.74) is 4.58. The maximum absolute atomic E-state index is 9.51. The van der Waals surface area contributed by atoms with E-state index in [2.05, 4.69) is 18.4 Å². The third kappa shape index (κ3) is 9.07. The van der Waals surface area contributed by atoms with Crippen molar-refractivity contribution in [2.45, 2.75) is 0 Å². The Balaban J connectivity index is -0.0000000800. The molecule has 0 aliphatic heterocycles. The van der Waals surface area contributed by atoms with E-state index in [-0.39, 0.29) is 64.5 Å². The van der Waals surface area contributed by atoms with Crippen molar-refractivity contribution in [1.29, 1.82) is 0 Å². The Morgan fingerprint density at radius 3 is 2.17 bits per heavy atom. The molecule has 0 unspecified atom stereocenters. The summed E-state index contributed by atoms with van der Waals surface area (Å²) in [5.74, 6) is -0.242. The summed E-state index contributed by atoms with van der Waals surface area (Å²) in [6.07, 6.45) is 0. The molecule has 0 fully saturated rings. The SMILES string of the molecule is NC(=O)CS.[H-].[K+]. The van der Waals surface area contributed by atoms with Gasteiger partial charge in [0.2, 0.25) is 5.91 Å². The van der Waals surface area contributed by atoms with Gasteiger partial charge in [-0.15, -0.1) is 0 Å². The zero-order valence-electron chi connectivity index (χ0n) is 4.64. The Hall–Kier alpha value is 1.46. The van der Waals surface area contributed by atoms with Crippen molar-refractivity contribution in [2.24, 2.45) is 5.73 Å². The summed E-state index contributed by atoms with van der Waals surface area (Å²) < 4.78 is 0. The normalized spacial score (nSPS) is 6.17. The molecule has 0 spiro atoms. The Morgan fingerprint density at radius 1 is 2.00 bits per heavy atom. The molecule has 0 aromatic heterocycles. The first-order valence-corrected chi connectivity index (χ1v) is 1.80. The molecule has 0 aromatic rings. The maximum Gasteiger partial charge on any atom is 1.00 e. The van der Waals surface area contributed by atoms with Crippen LogP contribution in [0.1, 0.15) is 1.43 Å². The number of thiol groups is 1. The van der Waals surface area contributed by atoms with E-state index < -0.39 is 0 Å². The molecule has 0 bridgehead atoms. The van der Waals surface area contributed by atoms with Gasteiger partial charge in [-0.1, -0.05) is 0 Å². The summed E-state index contributed by atoms with van der Waals surface area (Å²) in [6.45, 7) is 0. The predicted octanol–water partition coefficient (Wildman–Crippen LogP) is -3.48. The number of nitrogens with two attached hydrogens (primary N) is 1. The Kier molecular flexibility index (Phi) is 11.2. The first-order valence-electron chi connectivity index (χ1n) is 1.16. The number of primary amides is 1. The van der Waals surface area contributed by atoms with E-state index in [9.17, 15) is 4.79 Å². The smallest absolute Gasteiger partial charge is 1.00 e. The monoisotopic (exact) mass is 131 g/mol. The molecule has 0 saturated carbocycles. The molecule has 0 rings (SSSR count). The van der Waals surface area contributed by atoms with E-state index in [0.717, 1.165) is 0 Å². The fraction of sp³-hybridized carbons (Fsp3) is 0.500. The second kappa shape index (κ2) is 6.46. The first-order chi connectivity index (χ1) is 2.27. The van der Waals surface area contributed by atoms with Gasteiger partial charge in [0.05, 0.1) is 5.75 Å². The zero-order chi connectivity index (χ0) is 4.28. The Labute approximate surface area is 86.2 Å². The van der Waals surface area contributed by atoms with Gasteiger partial charge in [0.25, 0.3) is 0 Å². The van der Waals surface area contributed by atoms with Crippen molar-refractivity contribution in [3.05, 3.63) is 0 Å². The van der Waals surface area contributed by atoms with Gasteiger partial charge in [0.1, 0.15) is 0 Å². The van der Waals surface area contributed by atoms with Crippen LogP contribution in [0.15, 0.2) is 0 Å². The quantitative estimate of drug-likeness (QED) is 0.282. The van der Waals surface area contributed by atoms with Crippen LogP contribution in [0.4, 0.5) is 0 Å².